The molecule has 0 radical (unpaired) electrons. The Morgan fingerprint density at radius 2 is 1.71 bits per heavy atom. The van der Waals surface area contributed by atoms with E-state index in [0.717, 1.165) is 55.1 Å². The van der Waals surface area contributed by atoms with Crippen LogP contribution in [0.25, 0.3) is 0 Å². The fourth-order valence-electron chi connectivity index (χ4n) is 5.28. The number of ether oxygens (including phenoxy) is 2. The molecule has 1 aliphatic heterocycles. The van der Waals surface area contributed by atoms with Crippen LogP contribution in [-0.2, 0) is 4.79 Å². The molecule has 0 N–H and O–H groups in total. The molecule has 31 heavy (non-hydrogen) atoms. The van der Waals surface area contributed by atoms with Gasteiger partial charge in [0.1, 0.15) is 0 Å². The summed E-state index contributed by atoms with van der Waals surface area (Å²) in [5.41, 5.74) is 2.10. The third-order valence-corrected chi connectivity index (χ3v) is 7.34. The first-order chi connectivity index (χ1) is 15.2. The Balaban J connectivity index is 1.49. The minimum Gasteiger partial charge on any atom is -0.493 e. The molecule has 1 aromatic carbocycles. The molecule has 1 aromatic rings. The number of allylic oxidation sites excluding steroid dienone is 2. The molecule has 0 saturated heterocycles. The number of amides is 1. The molecule has 2 saturated carbocycles. The Morgan fingerprint density at radius 1 is 0.968 bits per heavy atom. The Morgan fingerprint density at radius 3 is 2.42 bits per heavy atom. The highest BCUT2D eigenvalue weighted by Crippen LogP contribution is 2.39. The Bertz CT molecular complexity index is 865. The molecule has 0 bridgehead atoms. The lowest BCUT2D eigenvalue weighted by Crippen LogP contribution is -2.49. The third-order valence-electron chi connectivity index (χ3n) is 7.34. The van der Waals surface area contributed by atoms with Gasteiger partial charge in [-0.2, -0.15) is 5.10 Å². The van der Waals surface area contributed by atoms with Gasteiger partial charge in [-0.25, -0.2) is 5.01 Å². The van der Waals surface area contributed by atoms with Gasteiger partial charge in [0.15, 0.2) is 11.5 Å². The molecule has 166 valence electrons. The number of benzene rings is 1. The van der Waals surface area contributed by atoms with Crippen molar-refractivity contribution in [2.45, 2.75) is 70.3 Å². The summed E-state index contributed by atoms with van der Waals surface area (Å²) in [6.07, 6.45) is 15.6. The average Bonchev–Trinajstić information content (AvgIpc) is 3.65. The van der Waals surface area contributed by atoms with Crippen LogP contribution in [0.2, 0.25) is 0 Å². The number of methoxy groups -OCH3 is 1. The van der Waals surface area contributed by atoms with Crippen molar-refractivity contribution in [3.8, 4) is 11.5 Å². The van der Waals surface area contributed by atoms with Crippen LogP contribution in [0.15, 0.2) is 35.5 Å². The highest BCUT2D eigenvalue weighted by atomic mass is 16.5. The summed E-state index contributed by atoms with van der Waals surface area (Å²) < 4.78 is 11.7. The molecular weight excluding hydrogens is 388 g/mol. The molecule has 0 unspecified atom stereocenters. The summed E-state index contributed by atoms with van der Waals surface area (Å²) >= 11 is 0. The van der Waals surface area contributed by atoms with Crippen molar-refractivity contribution in [2.75, 3.05) is 13.7 Å². The Labute approximate surface area is 185 Å². The molecule has 1 amide bonds. The fourth-order valence-corrected chi connectivity index (χ4v) is 5.28. The molecular formula is C26H34N2O3. The van der Waals surface area contributed by atoms with E-state index in [4.69, 9.17) is 14.6 Å². The zero-order valence-electron chi connectivity index (χ0n) is 18.6. The van der Waals surface area contributed by atoms with Crippen LogP contribution in [0.1, 0.15) is 69.8 Å². The first kappa shape index (κ1) is 20.6. The summed E-state index contributed by atoms with van der Waals surface area (Å²) in [7, 11) is 1.69. The Hall–Kier alpha value is -2.30. The standard InChI is InChI=1S/C26H34N2O3/c1-30-23-15-14-19(16-24(23)31-17-18-12-13-18)25-21-10-6-7-11-22(21)26(29)28(27-25)20-8-4-2-3-5-9-20/h6-7,14-16,18,20-22H,2-5,8-13,17H2,1H3/t21-,22+/m0/s1. The van der Waals surface area contributed by atoms with E-state index in [1.165, 1.54) is 38.5 Å². The first-order valence-electron chi connectivity index (χ1n) is 12.1. The van der Waals surface area contributed by atoms with Crippen LogP contribution in [0.3, 0.4) is 0 Å². The second kappa shape index (κ2) is 9.05. The molecule has 5 nitrogen and oxygen atoms in total. The molecule has 2 fully saturated rings. The number of carbonyl (C=O) groups is 1. The summed E-state index contributed by atoms with van der Waals surface area (Å²) in [4.78, 5) is 13.4. The lowest BCUT2D eigenvalue weighted by atomic mass is 9.76. The molecule has 3 aliphatic carbocycles. The zero-order valence-corrected chi connectivity index (χ0v) is 18.6. The second-order valence-corrected chi connectivity index (χ2v) is 9.59. The molecule has 5 rings (SSSR count). The predicted octanol–water partition coefficient (Wildman–Crippen LogP) is 5.34. The predicted molar refractivity (Wildman–Crippen MR) is 121 cm³/mol. The molecule has 0 spiro atoms. The van der Waals surface area contributed by atoms with E-state index in [1.807, 2.05) is 11.1 Å². The summed E-state index contributed by atoms with van der Waals surface area (Å²) in [5.74, 6) is 2.59. The van der Waals surface area contributed by atoms with E-state index < -0.39 is 0 Å². The maximum absolute atomic E-state index is 13.4. The lowest BCUT2D eigenvalue weighted by molar-refractivity contribution is -0.140. The van der Waals surface area contributed by atoms with Crippen molar-refractivity contribution in [3.63, 3.8) is 0 Å². The molecule has 1 heterocycles. The van der Waals surface area contributed by atoms with Crippen molar-refractivity contribution >= 4 is 11.6 Å². The normalized spacial score (nSPS) is 26.8. The van der Waals surface area contributed by atoms with Gasteiger partial charge < -0.3 is 9.47 Å². The highest BCUT2D eigenvalue weighted by Gasteiger charge is 2.42. The fraction of sp³-hybridized carbons (Fsp3) is 0.615. The zero-order chi connectivity index (χ0) is 21.2. The van der Waals surface area contributed by atoms with Crippen LogP contribution in [0, 0.1) is 17.8 Å². The largest absolute Gasteiger partial charge is 0.493 e. The number of fused-ring (bicyclic) bond motifs is 1. The van der Waals surface area contributed by atoms with Gasteiger partial charge in [-0.05, 0) is 62.6 Å². The van der Waals surface area contributed by atoms with Crippen molar-refractivity contribution < 1.29 is 14.3 Å². The second-order valence-electron chi connectivity index (χ2n) is 9.59. The van der Waals surface area contributed by atoms with Gasteiger partial charge in [0.25, 0.3) is 0 Å². The third kappa shape index (κ3) is 4.37. The number of hydrogen-bond donors (Lipinski definition) is 0. The van der Waals surface area contributed by atoms with Crippen LogP contribution in [0.5, 0.6) is 11.5 Å². The van der Waals surface area contributed by atoms with Gasteiger partial charge in [-0.3, -0.25) is 4.79 Å². The van der Waals surface area contributed by atoms with Gasteiger partial charge in [-0.15, -0.1) is 0 Å². The van der Waals surface area contributed by atoms with E-state index in [0.29, 0.717) is 5.92 Å². The summed E-state index contributed by atoms with van der Waals surface area (Å²) in [6, 6.07) is 6.38. The van der Waals surface area contributed by atoms with Crippen molar-refractivity contribution in [1.29, 1.82) is 0 Å². The topological polar surface area (TPSA) is 51.1 Å². The van der Waals surface area contributed by atoms with E-state index in [9.17, 15) is 4.79 Å². The SMILES string of the molecule is COc1ccc(C2=NN(C3CCCCCC3)C(=O)[C@@H]3CC=CC[C@H]23)cc1OCC1CC1. The minimum absolute atomic E-state index is 0.00122. The summed E-state index contributed by atoms with van der Waals surface area (Å²) in [6.45, 7) is 0.744. The maximum Gasteiger partial charge on any atom is 0.247 e. The van der Waals surface area contributed by atoms with Crippen LogP contribution >= 0.6 is 0 Å². The van der Waals surface area contributed by atoms with Gasteiger partial charge in [0, 0.05) is 11.5 Å². The van der Waals surface area contributed by atoms with Crippen LogP contribution < -0.4 is 9.47 Å². The van der Waals surface area contributed by atoms with E-state index in [-0.39, 0.29) is 23.8 Å². The van der Waals surface area contributed by atoms with E-state index in [1.54, 1.807) is 7.11 Å². The maximum atomic E-state index is 13.4. The lowest BCUT2D eigenvalue weighted by Gasteiger charge is -2.40. The van der Waals surface area contributed by atoms with Crippen molar-refractivity contribution in [1.82, 2.24) is 5.01 Å². The van der Waals surface area contributed by atoms with E-state index in [2.05, 4.69) is 24.3 Å². The van der Waals surface area contributed by atoms with Crippen LogP contribution in [-0.4, -0.2) is 36.4 Å². The number of hydrazone groups is 1. The van der Waals surface area contributed by atoms with Gasteiger partial charge in [0.05, 0.1) is 31.4 Å². The minimum atomic E-state index is -0.00122. The average molecular weight is 423 g/mol. The number of nitrogens with zero attached hydrogens (tertiary/aromatic N) is 2. The smallest absolute Gasteiger partial charge is 0.247 e. The number of carbonyl (C=O) groups excluding carboxylic acids is 1. The van der Waals surface area contributed by atoms with Gasteiger partial charge in [-0.1, -0.05) is 37.8 Å². The van der Waals surface area contributed by atoms with Gasteiger partial charge in [0.2, 0.25) is 5.91 Å². The molecule has 4 aliphatic rings. The molecule has 5 heteroatoms. The van der Waals surface area contributed by atoms with Crippen molar-refractivity contribution in [2.24, 2.45) is 22.9 Å². The van der Waals surface area contributed by atoms with E-state index >= 15 is 0 Å². The van der Waals surface area contributed by atoms with Crippen LogP contribution in [0.4, 0.5) is 0 Å². The monoisotopic (exact) mass is 422 g/mol. The molecule has 0 aromatic heterocycles. The number of hydrogen-bond acceptors (Lipinski definition) is 4. The molecule has 2 atom stereocenters. The van der Waals surface area contributed by atoms with Crippen molar-refractivity contribution in [3.05, 3.63) is 35.9 Å². The summed E-state index contributed by atoms with van der Waals surface area (Å²) in [5, 5.41) is 6.93. The van der Waals surface area contributed by atoms with Gasteiger partial charge >= 0.3 is 0 Å². The Kier molecular flexibility index (Phi) is 6.02. The number of rotatable bonds is 6. The first-order valence-corrected chi connectivity index (χ1v) is 12.1. The quantitative estimate of drug-likeness (QED) is 0.460. The highest BCUT2D eigenvalue weighted by molar-refractivity contribution is 6.07.